The lowest BCUT2D eigenvalue weighted by Crippen LogP contribution is -2.32. The summed E-state index contributed by atoms with van der Waals surface area (Å²) in [4.78, 5) is 11.1. The minimum absolute atomic E-state index is 0.0298. The van der Waals surface area contributed by atoms with Crippen LogP contribution in [-0.4, -0.2) is 41.6 Å². The molecule has 0 unspecified atom stereocenters. The predicted molar refractivity (Wildman–Crippen MR) is 112 cm³/mol. The number of nitrogens with one attached hydrogen (secondary N) is 1. The maximum atomic E-state index is 11.4. The first-order valence-electron chi connectivity index (χ1n) is 9.48. The molecule has 1 fully saturated rings. The summed E-state index contributed by atoms with van der Waals surface area (Å²) in [7, 11) is 2.14. The van der Waals surface area contributed by atoms with Gasteiger partial charge in [0.1, 0.15) is 17.9 Å². The molecule has 1 aliphatic rings. The number of aromatic nitrogens is 2. The van der Waals surface area contributed by atoms with E-state index in [9.17, 15) is 4.57 Å². The van der Waals surface area contributed by atoms with Crippen molar-refractivity contribution >= 4 is 36.2 Å². The van der Waals surface area contributed by atoms with Crippen LogP contribution in [0.5, 0.6) is 5.75 Å². The Hall–Kier alpha value is -2.56. The van der Waals surface area contributed by atoms with Gasteiger partial charge in [-0.05, 0) is 63.2 Å². The molecule has 2 heterocycles. The zero-order valence-electron chi connectivity index (χ0n) is 15.8. The van der Waals surface area contributed by atoms with Gasteiger partial charge in [0.15, 0.2) is 8.46 Å². The van der Waals surface area contributed by atoms with Gasteiger partial charge in [-0.3, -0.25) is 4.57 Å². The van der Waals surface area contributed by atoms with E-state index in [0.717, 1.165) is 42.0 Å². The molecule has 0 spiro atoms. The van der Waals surface area contributed by atoms with Crippen LogP contribution in [0.4, 0.5) is 11.5 Å². The van der Waals surface area contributed by atoms with Crippen LogP contribution in [0.1, 0.15) is 12.8 Å². The fourth-order valence-electron chi connectivity index (χ4n) is 3.46. The van der Waals surface area contributed by atoms with Crippen molar-refractivity contribution in [2.45, 2.75) is 12.8 Å². The first-order valence-corrected chi connectivity index (χ1v) is 10.3. The zero-order valence-corrected chi connectivity index (χ0v) is 16.7. The molecule has 1 aromatic heterocycles. The third-order valence-corrected chi connectivity index (χ3v) is 5.77. The maximum absolute atomic E-state index is 11.4. The van der Waals surface area contributed by atoms with Gasteiger partial charge in [0.2, 0.25) is 0 Å². The van der Waals surface area contributed by atoms with E-state index in [0.29, 0.717) is 17.0 Å². The summed E-state index contributed by atoms with van der Waals surface area (Å²) < 4.78 is 17.4. The molecule has 0 saturated carbocycles. The minimum atomic E-state index is -0.0298. The van der Waals surface area contributed by atoms with Crippen LogP contribution in [0, 0.1) is 5.92 Å². The van der Waals surface area contributed by atoms with Crippen LogP contribution in [-0.2, 0) is 4.57 Å². The van der Waals surface area contributed by atoms with Gasteiger partial charge in [-0.1, -0.05) is 12.1 Å². The van der Waals surface area contributed by atoms with Gasteiger partial charge in [0.05, 0.1) is 23.1 Å². The minimum Gasteiger partial charge on any atom is -0.493 e. The average Bonchev–Trinajstić information content (AvgIpc) is 2.74. The van der Waals surface area contributed by atoms with E-state index in [1.54, 1.807) is 0 Å². The van der Waals surface area contributed by atoms with Crippen LogP contribution in [0.15, 0.2) is 48.8 Å². The molecule has 4 rings (SSSR count). The summed E-state index contributed by atoms with van der Waals surface area (Å²) in [5.74, 6) is 2.12. The van der Waals surface area contributed by atoms with Crippen molar-refractivity contribution in [3.63, 3.8) is 0 Å². The molecule has 28 heavy (non-hydrogen) atoms. The summed E-state index contributed by atoms with van der Waals surface area (Å²) in [5, 5.41) is 4.85. The Labute approximate surface area is 166 Å². The zero-order chi connectivity index (χ0) is 19.3. The number of nitrogens with zero attached hydrogens (tertiary/aromatic N) is 3. The Morgan fingerprint density at radius 2 is 2.00 bits per heavy atom. The molecule has 7 heteroatoms. The summed E-state index contributed by atoms with van der Waals surface area (Å²) >= 11 is 0. The number of para-hydroxylation sites is 1. The van der Waals surface area contributed by atoms with Crippen molar-refractivity contribution in [3.8, 4) is 5.75 Å². The van der Waals surface area contributed by atoms with E-state index in [4.69, 9.17) is 4.74 Å². The van der Waals surface area contributed by atoms with Gasteiger partial charge in [0, 0.05) is 11.5 Å². The number of likely N-dealkylation sites (tertiary alicyclic amines) is 1. The highest BCUT2D eigenvalue weighted by atomic mass is 31.1. The lowest BCUT2D eigenvalue weighted by molar-refractivity contribution is 0.160. The van der Waals surface area contributed by atoms with E-state index in [-0.39, 0.29) is 8.46 Å². The highest BCUT2D eigenvalue weighted by molar-refractivity contribution is 7.34. The van der Waals surface area contributed by atoms with Crippen molar-refractivity contribution in [2.24, 2.45) is 5.92 Å². The quantitative estimate of drug-likeness (QED) is 0.637. The highest BCUT2D eigenvalue weighted by Crippen LogP contribution is 2.27. The van der Waals surface area contributed by atoms with Crippen molar-refractivity contribution in [1.29, 1.82) is 0 Å². The Morgan fingerprint density at radius 1 is 1.18 bits per heavy atom. The Kier molecular flexibility index (Phi) is 5.79. The molecule has 1 aliphatic heterocycles. The van der Waals surface area contributed by atoms with Gasteiger partial charge in [-0.2, -0.15) is 0 Å². The van der Waals surface area contributed by atoms with E-state index in [1.807, 2.05) is 42.5 Å². The number of hydrogen-bond acceptors (Lipinski definition) is 6. The summed E-state index contributed by atoms with van der Waals surface area (Å²) in [6.07, 6.45) is 3.89. The molecule has 144 valence electrons. The highest BCUT2D eigenvalue weighted by Gasteiger charge is 2.17. The van der Waals surface area contributed by atoms with E-state index in [1.165, 1.54) is 19.2 Å². The normalized spacial score (nSPS) is 15.8. The fraction of sp³-hybridized carbons (Fsp3) is 0.333. The SMILES string of the molecule is CN1CCC(COc2ccc3c(Nc4ccccc4P=O)ncnc3c2)CC1. The van der Waals surface area contributed by atoms with Gasteiger partial charge in [0.25, 0.3) is 0 Å². The Bertz CT molecular complexity index is 974. The first kappa shape index (κ1) is 18.8. The van der Waals surface area contributed by atoms with Crippen molar-refractivity contribution in [2.75, 3.05) is 32.1 Å². The van der Waals surface area contributed by atoms with Gasteiger partial charge in [-0.25, -0.2) is 9.97 Å². The van der Waals surface area contributed by atoms with Gasteiger partial charge >= 0.3 is 0 Å². The lowest BCUT2D eigenvalue weighted by Gasteiger charge is -2.28. The van der Waals surface area contributed by atoms with E-state index in [2.05, 4.69) is 27.2 Å². The van der Waals surface area contributed by atoms with Crippen LogP contribution in [0.2, 0.25) is 0 Å². The van der Waals surface area contributed by atoms with Crippen molar-refractivity contribution in [1.82, 2.24) is 14.9 Å². The van der Waals surface area contributed by atoms with Crippen molar-refractivity contribution in [3.05, 3.63) is 48.8 Å². The standard InChI is InChI=1S/C21H23N4O2P/c1-25-10-8-15(9-11-25)13-27-16-6-7-17-19(12-16)22-14-23-21(17)24-18-4-2-3-5-20(18)28-26/h2-7,12,14-15H,8-11,13H2,1H3,(H,22,23,24). The number of benzene rings is 2. The van der Waals surface area contributed by atoms with Gasteiger partial charge in [-0.15, -0.1) is 0 Å². The molecule has 0 radical (unpaired) electrons. The molecule has 2 aromatic carbocycles. The van der Waals surface area contributed by atoms with E-state index >= 15 is 0 Å². The lowest BCUT2D eigenvalue weighted by atomic mass is 9.98. The van der Waals surface area contributed by atoms with E-state index < -0.39 is 0 Å². The third-order valence-electron chi connectivity index (χ3n) is 5.19. The third kappa shape index (κ3) is 4.29. The summed E-state index contributed by atoms with van der Waals surface area (Å²) in [6.45, 7) is 3.02. The number of rotatable bonds is 6. The Morgan fingerprint density at radius 3 is 2.82 bits per heavy atom. The van der Waals surface area contributed by atoms with Crippen LogP contribution < -0.4 is 15.4 Å². The molecule has 0 bridgehead atoms. The summed E-state index contributed by atoms with van der Waals surface area (Å²) in [6, 6.07) is 13.3. The van der Waals surface area contributed by atoms with Crippen LogP contribution in [0.3, 0.4) is 0 Å². The van der Waals surface area contributed by atoms with Gasteiger partial charge < -0.3 is 15.0 Å². The molecular formula is C21H23N4O2P. The molecule has 3 aromatic rings. The van der Waals surface area contributed by atoms with Crippen LogP contribution >= 0.6 is 8.46 Å². The maximum Gasteiger partial charge on any atom is 0.194 e. The molecule has 0 amide bonds. The number of anilines is 2. The van der Waals surface area contributed by atoms with Crippen LogP contribution in [0.25, 0.3) is 10.9 Å². The van der Waals surface area contributed by atoms with Crippen molar-refractivity contribution < 1.29 is 9.30 Å². The number of ether oxygens (including phenoxy) is 1. The topological polar surface area (TPSA) is 67.3 Å². The second-order valence-electron chi connectivity index (χ2n) is 7.19. The number of fused-ring (bicyclic) bond motifs is 1. The largest absolute Gasteiger partial charge is 0.493 e. The number of piperidine rings is 1. The molecular weight excluding hydrogens is 371 g/mol. The second-order valence-corrected chi connectivity index (χ2v) is 7.86. The number of hydrogen-bond donors (Lipinski definition) is 1. The molecule has 0 atom stereocenters. The predicted octanol–water partition coefficient (Wildman–Crippen LogP) is 4.01. The average molecular weight is 394 g/mol. The molecule has 6 nitrogen and oxygen atoms in total. The Balaban J connectivity index is 1.50. The monoisotopic (exact) mass is 394 g/mol. The summed E-state index contributed by atoms with van der Waals surface area (Å²) in [5.41, 5.74) is 1.58. The molecule has 1 N–H and O–H groups in total. The molecule has 1 saturated heterocycles. The smallest absolute Gasteiger partial charge is 0.194 e. The first-order chi connectivity index (χ1) is 13.7. The molecule has 0 aliphatic carbocycles. The second kappa shape index (κ2) is 8.63. The fourth-order valence-corrected chi connectivity index (χ4v) is 3.83.